The van der Waals surface area contributed by atoms with Crippen LogP contribution in [0.1, 0.15) is 67.5 Å². The molecule has 1 atom stereocenters. The van der Waals surface area contributed by atoms with E-state index >= 15 is 0 Å². The van der Waals surface area contributed by atoms with Crippen LogP contribution < -0.4 is 0 Å². The molecular weight excluding hydrogens is 302 g/mol. The Hall–Kier alpha value is -1.72. The van der Waals surface area contributed by atoms with E-state index in [0.29, 0.717) is 18.4 Å². The molecule has 1 aromatic heterocycles. The molecule has 0 N–H and O–H groups in total. The van der Waals surface area contributed by atoms with E-state index in [1.54, 1.807) is 0 Å². The topological polar surface area (TPSA) is 51.4 Å². The molecule has 128 valence electrons. The zero-order chi connectivity index (χ0) is 16.5. The summed E-state index contributed by atoms with van der Waals surface area (Å²) in [5, 5.41) is 8.45. The molecule has 1 saturated carbocycles. The highest BCUT2D eigenvalue weighted by atomic mass is 16.5. The number of benzene rings is 1. The van der Waals surface area contributed by atoms with Crippen molar-refractivity contribution in [1.82, 2.24) is 15.1 Å². The zero-order valence-electron chi connectivity index (χ0n) is 14.4. The van der Waals surface area contributed by atoms with Gasteiger partial charge in [-0.15, -0.1) is 10.2 Å². The van der Waals surface area contributed by atoms with E-state index in [1.165, 1.54) is 24.0 Å². The molecule has 24 heavy (non-hydrogen) atoms. The molecule has 2 heterocycles. The lowest BCUT2D eigenvalue weighted by Gasteiger charge is -2.33. The molecule has 0 spiro atoms. The van der Waals surface area contributed by atoms with Gasteiger partial charge < -0.3 is 9.15 Å². The van der Waals surface area contributed by atoms with Gasteiger partial charge in [0, 0.05) is 19.0 Å². The van der Waals surface area contributed by atoms with Crippen molar-refractivity contribution in [2.75, 3.05) is 19.8 Å². The van der Waals surface area contributed by atoms with Crippen molar-refractivity contribution in [2.45, 2.75) is 51.1 Å². The summed E-state index contributed by atoms with van der Waals surface area (Å²) in [4.78, 5) is 2.40. The summed E-state index contributed by atoms with van der Waals surface area (Å²) in [5.74, 6) is 2.41. The molecule has 1 aromatic carbocycles. The minimum absolute atomic E-state index is 0.0448. The van der Waals surface area contributed by atoms with Crippen LogP contribution in [0.25, 0.3) is 0 Å². The molecule has 4 rings (SSSR count). The van der Waals surface area contributed by atoms with Crippen LogP contribution in [0, 0.1) is 0 Å². The van der Waals surface area contributed by atoms with Crippen molar-refractivity contribution in [3.05, 3.63) is 47.2 Å². The van der Waals surface area contributed by atoms with E-state index in [1.807, 2.05) is 0 Å². The molecule has 2 aromatic rings. The Labute approximate surface area is 143 Å². The highest BCUT2D eigenvalue weighted by molar-refractivity contribution is 5.29. The Bertz CT molecular complexity index is 693. The number of aromatic nitrogens is 2. The van der Waals surface area contributed by atoms with E-state index in [4.69, 9.17) is 9.15 Å². The molecule has 1 unspecified atom stereocenters. The van der Waals surface area contributed by atoms with Gasteiger partial charge in [0.15, 0.2) is 0 Å². The van der Waals surface area contributed by atoms with Gasteiger partial charge in [0.2, 0.25) is 11.8 Å². The van der Waals surface area contributed by atoms with Crippen molar-refractivity contribution in [3.63, 3.8) is 0 Å². The van der Waals surface area contributed by atoms with Gasteiger partial charge in [0.25, 0.3) is 0 Å². The first kappa shape index (κ1) is 15.8. The van der Waals surface area contributed by atoms with Crippen LogP contribution in [0.3, 0.4) is 0 Å². The fourth-order valence-corrected chi connectivity index (χ4v) is 3.27. The number of morpholine rings is 1. The van der Waals surface area contributed by atoms with Gasteiger partial charge >= 0.3 is 0 Å². The van der Waals surface area contributed by atoms with Crippen LogP contribution in [0.4, 0.5) is 0 Å². The van der Waals surface area contributed by atoms with Gasteiger partial charge in [0.05, 0.1) is 13.2 Å². The van der Waals surface area contributed by atoms with Gasteiger partial charge in [0.1, 0.15) is 6.04 Å². The largest absolute Gasteiger partial charge is 0.423 e. The van der Waals surface area contributed by atoms with Crippen molar-refractivity contribution in [1.29, 1.82) is 0 Å². The molecule has 5 heteroatoms. The predicted molar refractivity (Wildman–Crippen MR) is 90.8 cm³/mol. The SMILES string of the molecule is CC(C)c1nnc(C2COCCN2Cc2cccc(C3CC3)c2)o1. The maximum absolute atomic E-state index is 5.88. The third kappa shape index (κ3) is 3.37. The molecule has 1 aliphatic heterocycles. The van der Waals surface area contributed by atoms with E-state index in [0.717, 1.165) is 25.6 Å². The molecule has 1 aliphatic carbocycles. The first-order chi connectivity index (χ1) is 11.7. The number of nitrogens with zero attached hydrogens (tertiary/aromatic N) is 3. The van der Waals surface area contributed by atoms with E-state index in [-0.39, 0.29) is 12.0 Å². The van der Waals surface area contributed by atoms with Crippen molar-refractivity contribution in [3.8, 4) is 0 Å². The molecule has 2 aliphatic rings. The van der Waals surface area contributed by atoms with E-state index in [9.17, 15) is 0 Å². The third-order valence-electron chi connectivity index (χ3n) is 4.86. The summed E-state index contributed by atoms with van der Waals surface area (Å²) in [5.41, 5.74) is 2.84. The number of hydrogen-bond donors (Lipinski definition) is 0. The summed E-state index contributed by atoms with van der Waals surface area (Å²) in [6.07, 6.45) is 2.67. The van der Waals surface area contributed by atoms with Crippen molar-refractivity contribution in [2.24, 2.45) is 0 Å². The van der Waals surface area contributed by atoms with Crippen LogP contribution in [0.2, 0.25) is 0 Å². The molecule has 5 nitrogen and oxygen atoms in total. The quantitative estimate of drug-likeness (QED) is 0.839. The van der Waals surface area contributed by atoms with Crippen LogP contribution in [0.5, 0.6) is 0 Å². The molecule has 0 radical (unpaired) electrons. The van der Waals surface area contributed by atoms with Crippen LogP contribution in [-0.2, 0) is 11.3 Å². The molecular formula is C19H25N3O2. The molecule has 2 fully saturated rings. The van der Waals surface area contributed by atoms with Gasteiger partial charge in [-0.25, -0.2) is 0 Å². The Kier molecular flexibility index (Phi) is 4.37. The molecule has 0 amide bonds. The number of rotatable bonds is 5. The predicted octanol–water partition coefficient (Wildman–Crippen LogP) is 3.64. The molecule has 1 saturated heterocycles. The minimum atomic E-state index is 0.0448. The van der Waals surface area contributed by atoms with E-state index < -0.39 is 0 Å². The fourth-order valence-electron chi connectivity index (χ4n) is 3.27. The number of hydrogen-bond acceptors (Lipinski definition) is 5. The highest BCUT2D eigenvalue weighted by Crippen LogP contribution is 2.40. The third-order valence-corrected chi connectivity index (χ3v) is 4.86. The average molecular weight is 327 g/mol. The normalized spacial score (nSPS) is 22.2. The monoisotopic (exact) mass is 327 g/mol. The second-order valence-electron chi connectivity index (χ2n) is 7.21. The zero-order valence-corrected chi connectivity index (χ0v) is 14.4. The van der Waals surface area contributed by atoms with E-state index in [2.05, 4.69) is 53.2 Å². The second-order valence-corrected chi connectivity index (χ2v) is 7.21. The molecule has 0 bridgehead atoms. The highest BCUT2D eigenvalue weighted by Gasteiger charge is 2.30. The van der Waals surface area contributed by atoms with Gasteiger partial charge in [-0.3, -0.25) is 4.90 Å². The summed E-state index contributed by atoms with van der Waals surface area (Å²) >= 11 is 0. The van der Waals surface area contributed by atoms with Crippen molar-refractivity contribution < 1.29 is 9.15 Å². The summed E-state index contributed by atoms with van der Waals surface area (Å²) in [6, 6.07) is 9.05. The van der Waals surface area contributed by atoms with Gasteiger partial charge in [-0.2, -0.15) is 0 Å². The second kappa shape index (κ2) is 6.65. The van der Waals surface area contributed by atoms with Crippen LogP contribution in [-0.4, -0.2) is 34.9 Å². The standard InChI is InChI=1S/C19H25N3O2/c1-13(2)18-20-21-19(24-18)17-12-23-9-8-22(17)11-14-4-3-5-16(10-14)15-6-7-15/h3-5,10,13,15,17H,6-9,11-12H2,1-2H3. The Morgan fingerprint density at radius 3 is 2.88 bits per heavy atom. The van der Waals surface area contributed by atoms with Crippen molar-refractivity contribution >= 4 is 0 Å². The maximum Gasteiger partial charge on any atom is 0.236 e. The summed E-state index contributed by atoms with van der Waals surface area (Å²) in [7, 11) is 0. The number of ether oxygens (including phenoxy) is 1. The van der Waals surface area contributed by atoms with Crippen LogP contribution in [0.15, 0.2) is 28.7 Å². The Balaban J connectivity index is 1.52. The summed E-state index contributed by atoms with van der Waals surface area (Å²) < 4.78 is 11.6. The maximum atomic E-state index is 5.88. The lowest BCUT2D eigenvalue weighted by Crippen LogP contribution is -2.39. The first-order valence-electron chi connectivity index (χ1n) is 8.94. The van der Waals surface area contributed by atoms with Crippen LogP contribution >= 0.6 is 0 Å². The average Bonchev–Trinajstić information content (AvgIpc) is 3.32. The first-order valence-corrected chi connectivity index (χ1v) is 8.94. The minimum Gasteiger partial charge on any atom is -0.423 e. The van der Waals surface area contributed by atoms with Gasteiger partial charge in [-0.1, -0.05) is 38.1 Å². The Morgan fingerprint density at radius 2 is 2.12 bits per heavy atom. The Morgan fingerprint density at radius 1 is 1.25 bits per heavy atom. The lowest BCUT2D eigenvalue weighted by atomic mass is 10.1. The smallest absolute Gasteiger partial charge is 0.236 e. The summed E-state index contributed by atoms with van der Waals surface area (Å²) in [6.45, 7) is 7.28. The lowest BCUT2D eigenvalue weighted by molar-refractivity contribution is -0.0227. The van der Waals surface area contributed by atoms with Gasteiger partial charge in [-0.05, 0) is 29.9 Å². The fraction of sp³-hybridized carbons (Fsp3) is 0.579.